The molecule has 0 saturated carbocycles. The van der Waals surface area contributed by atoms with Crippen LogP contribution in [0.1, 0.15) is 45.4 Å². The van der Waals surface area contributed by atoms with E-state index in [1.807, 2.05) is 4.90 Å². The van der Waals surface area contributed by atoms with Gasteiger partial charge in [0.05, 0.1) is 0 Å². The minimum Gasteiger partial charge on any atom is -0.396 e. The summed E-state index contributed by atoms with van der Waals surface area (Å²) in [5, 5.41) is 11.4. The number of unbranched alkanes of at least 4 members (excludes halogenated alkanes) is 1. The first kappa shape index (κ1) is 15.0. The number of carbonyl (C=O) groups is 2. The third kappa shape index (κ3) is 5.04. The highest BCUT2D eigenvalue weighted by atomic mass is 16.3. The molecule has 5 heteroatoms. The molecular formula is C13H24N2O3. The predicted octanol–water partition coefficient (Wildman–Crippen LogP) is 0.666. The molecular weight excluding hydrogens is 232 g/mol. The van der Waals surface area contributed by atoms with Gasteiger partial charge in [0.15, 0.2) is 0 Å². The number of amides is 2. The fourth-order valence-electron chi connectivity index (χ4n) is 2.16. The quantitative estimate of drug-likeness (QED) is 0.686. The fourth-order valence-corrected chi connectivity index (χ4v) is 2.16. The van der Waals surface area contributed by atoms with Crippen molar-refractivity contribution >= 4 is 11.8 Å². The maximum absolute atomic E-state index is 12.0. The summed E-state index contributed by atoms with van der Waals surface area (Å²) in [5.41, 5.74) is 0. The van der Waals surface area contributed by atoms with Crippen molar-refractivity contribution in [1.82, 2.24) is 10.2 Å². The van der Waals surface area contributed by atoms with E-state index in [1.54, 1.807) is 6.92 Å². The molecule has 2 N–H and O–H groups in total. The first-order valence-electron chi connectivity index (χ1n) is 6.84. The van der Waals surface area contributed by atoms with Crippen molar-refractivity contribution < 1.29 is 14.7 Å². The Balaban J connectivity index is 2.27. The molecule has 0 radical (unpaired) electrons. The zero-order valence-corrected chi connectivity index (χ0v) is 11.2. The van der Waals surface area contributed by atoms with Crippen LogP contribution in [0.2, 0.25) is 0 Å². The van der Waals surface area contributed by atoms with Gasteiger partial charge in [0, 0.05) is 26.1 Å². The molecule has 1 atom stereocenters. The molecule has 1 aliphatic heterocycles. The molecule has 0 aromatic rings. The highest BCUT2D eigenvalue weighted by Gasteiger charge is 2.22. The van der Waals surface area contributed by atoms with E-state index >= 15 is 0 Å². The van der Waals surface area contributed by atoms with Crippen LogP contribution in [0.5, 0.6) is 0 Å². The molecule has 0 aromatic carbocycles. The van der Waals surface area contributed by atoms with Gasteiger partial charge in [0.2, 0.25) is 11.8 Å². The van der Waals surface area contributed by atoms with Crippen LogP contribution < -0.4 is 5.32 Å². The number of hydrogen-bond donors (Lipinski definition) is 2. The van der Waals surface area contributed by atoms with Gasteiger partial charge in [-0.2, -0.15) is 0 Å². The van der Waals surface area contributed by atoms with Gasteiger partial charge in [-0.15, -0.1) is 0 Å². The molecule has 1 aliphatic rings. The number of nitrogens with zero attached hydrogens (tertiary/aromatic N) is 1. The summed E-state index contributed by atoms with van der Waals surface area (Å²) in [7, 11) is 0. The van der Waals surface area contributed by atoms with E-state index in [9.17, 15) is 9.59 Å². The van der Waals surface area contributed by atoms with Gasteiger partial charge >= 0.3 is 0 Å². The second-order valence-corrected chi connectivity index (χ2v) is 4.86. The van der Waals surface area contributed by atoms with Gasteiger partial charge in [-0.05, 0) is 39.0 Å². The largest absolute Gasteiger partial charge is 0.396 e. The first-order valence-corrected chi connectivity index (χ1v) is 6.84. The average Bonchev–Trinajstić information content (AvgIpc) is 2.39. The molecule has 1 saturated heterocycles. The van der Waals surface area contributed by atoms with E-state index < -0.39 is 6.04 Å². The number of likely N-dealkylation sites (tertiary alicyclic amines) is 1. The number of aliphatic hydroxyl groups excluding tert-OH is 1. The van der Waals surface area contributed by atoms with Crippen molar-refractivity contribution in [2.24, 2.45) is 0 Å². The summed E-state index contributed by atoms with van der Waals surface area (Å²) >= 11 is 0. The molecule has 0 aromatic heterocycles. The Kier molecular flexibility index (Phi) is 6.72. The number of hydrogen-bond acceptors (Lipinski definition) is 3. The predicted molar refractivity (Wildman–Crippen MR) is 69.0 cm³/mol. The molecule has 0 aliphatic carbocycles. The monoisotopic (exact) mass is 256 g/mol. The van der Waals surface area contributed by atoms with Crippen LogP contribution in [0.15, 0.2) is 0 Å². The minimum absolute atomic E-state index is 0.0187. The Hall–Kier alpha value is -1.10. The maximum atomic E-state index is 12.0. The highest BCUT2D eigenvalue weighted by molar-refractivity contribution is 5.87. The van der Waals surface area contributed by atoms with Crippen molar-refractivity contribution in [3.63, 3.8) is 0 Å². The maximum Gasteiger partial charge on any atom is 0.244 e. The molecule has 0 bridgehead atoms. The Morgan fingerprint density at radius 2 is 1.89 bits per heavy atom. The second kappa shape index (κ2) is 8.08. The molecule has 1 rings (SSSR count). The van der Waals surface area contributed by atoms with Crippen molar-refractivity contribution in [2.45, 2.75) is 51.5 Å². The van der Waals surface area contributed by atoms with Crippen LogP contribution in [0.3, 0.4) is 0 Å². The highest BCUT2D eigenvalue weighted by Crippen LogP contribution is 2.10. The average molecular weight is 256 g/mol. The van der Waals surface area contributed by atoms with E-state index in [1.165, 1.54) is 6.42 Å². The molecule has 5 nitrogen and oxygen atoms in total. The minimum atomic E-state index is -0.440. The molecule has 18 heavy (non-hydrogen) atoms. The zero-order valence-electron chi connectivity index (χ0n) is 11.2. The van der Waals surface area contributed by atoms with Crippen molar-refractivity contribution in [3.8, 4) is 0 Å². The van der Waals surface area contributed by atoms with Gasteiger partial charge in [0.25, 0.3) is 0 Å². The van der Waals surface area contributed by atoms with Crippen LogP contribution >= 0.6 is 0 Å². The van der Waals surface area contributed by atoms with E-state index in [4.69, 9.17) is 5.11 Å². The van der Waals surface area contributed by atoms with Gasteiger partial charge in [0.1, 0.15) is 6.04 Å². The molecule has 1 fully saturated rings. The molecule has 1 heterocycles. The summed E-state index contributed by atoms with van der Waals surface area (Å²) in [6, 6.07) is -0.440. The Morgan fingerprint density at radius 3 is 2.50 bits per heavy atom. The summed E-state index contributed by atoms with van der Waals surface area (Å²) in [6.07, 6.45) is 4.96. The van der Waals surface area contributed by atoms with Crippen LogP contribution in [0, 0.1) is 0 Å². The van der Waals surface area contributed by atoms with Crippen molar-refractivity contribution in [1.29, 1.82) is 0 Å². The summed E-state index contributed by atoms with van der Waals surface area (Å²) in [5.74, 6) is -0.0912. The van der Waals surface area contributed by atoms with Gasteiger partial charge in [-0.25, -0.2) is 0 Å². The fraction of sp³-hybridized carbons (Fsp3) is 0.846. The lowest BCUT2D eigenvalue weighted by Gasteiger charge is -2.29. The van der Waals surface area contributed by atoms with E-state index in [-0.39, 0.29) is 18.4 Å². The van der Waals surface area contributed by atoms with Gasteiger partial charge in [-0.3, -0.25) is 9.59 Å². The molecule has 104 valence electrons. The number of rotatable bonds is 6. The van der Waals surface area contributed by atoms with Gasteiger partial charge < -0.3 is 15.3 Å². The molecule has 1 unspecified atom stereocenters. The summed E-state index contributed by atoms with van der Waals surface area (Å²) in [6.45, 7) is 3.46. The van der Waals surface area contributed by atoms with E-state index in [0.29, 0.717) is 19.3 Å². The molecule has 0 spiro atoms. The zero-order chi connectivity index (χ0) is 13.4. The van der Waals surface area contributed by atoms with Crippen LogP contribution in [0.4, 0.5) is 0 Å². The lowest BCUT2D eigenvalue weighted by Crippen LogP contribution is -2.48. The number of piperidine rings is 1. The van der Waals surface area contributed by atoms with Crippen LogP contribution in [0.25, 0.3) is 0 Å². The van der Waals surface area contributed by atoms with Crippen molar-refractivity contribution in [2.75, 3.05) is 19.7 Å². The Bertz CT molecular complexity index is 275. The lowest BCUT2D eigenvalue weighted by molar-refractivity contribution is -0.136. The SMILES string of the molecule is CC(NC(=O)CCCCO)C(=O)N1CCCCC1. The smallest absolute Gasteiger partial charge is 0.244 e. The normalized spacial score (nSPS) is 17.3. The summed E-state index contributed by atoms with van der Waals surface area (Å²) in [4.78, 5) is 25.4. The third-order valence-electron chi connectivity index (χ3n) is 3.23. The van der Waals surface area contributed by atoms with Crippen molar-refractivity contribution in [3.05, 3.63) is 0 Å². The number of aliphatic hydroxyl groups is 1. The topological polar surface area (TPSA) is 69.6 Å². The number of carbonyl (C=O) groups excluding carboxylic acids is 2. The van der Waals surface area contributed by atoms with E-state index in [0.717, 1.165) is 25.9 Å². The second-order valence-electron chi connectivity index (χ2n) is 4.86. The summed E-state index contributed by atoms with van der Waals surface area (Å²) < 4.78 is 0. The third-order valence-corrected chi connectivity index (χ3v) is 3.23. The van der Waals surface area contributed by atoms with Crippen LogP contribution in [-0.2, 0) is 9.59 Å². The Morgan fingerprint density at radius 1 is 1.22 bits per heavy atom. The lowest BCUT2D eigenvalue weighted by atomic mass is 10.1. The number of nitrogens with one attached hydrogen (secondary N) is 1. The van der Waals surface area contributed by atoms with E-state index in [2.05, 4.69) is 5.32 Å². The van der Waals surface area contributed by atoms with Gasteiger partial charge in [-0.1, -0.05) is 0 Å². The van der Waals surface area contributed by atoms with Crippen LogP contribution in [-0.4, -0.2) is 47.6 Å². The molecule has 2 amide bonds. The first-order chi connectivity index (χ1) is 8.65. The Labute approximate surface area is 109 Å². The standard InChI is InChI=1S/C13H24N2O3/c1-11(14-12(17)7-3-6-10-16)13(18)15-8-4-2-5-9-15/h11,16H,2-10H2,1H3,(H,14,17).